The van der Waals surface area contributed by atoms with E-state index in [-0.39, 0.29) is 12.1 Å². The molecule has 0 aliphatic heterocycles. The van der Waals surface area contributed by atoms with Crippen LogP contribution in [0.5, 0.6) is 0 Å². The van der Waals surface area contributed by atoms with Crippen LogP contribution in [0.15, 0.2) is 21.2 Å². The van der Waals surface area contributed by atoms with Crippen LogP contribution in [0.2, 0.25) is 0 Å². The predicted molar refractivity (Wildman–Crippen MR) is 56.9 cm³/mol. The van der Waals surface area contributed by atoms with Crippen molar-refractivity contribution in [3.05, 3.63) is 22.6 Å². The first kappa shape index (κ1) is 11.1. The van der Waals surface area contributed by atoms with Crippen LogP contribution in [-0.2, 0) is 6.54 Å². The van der Waals surface area contributed by atoms with Gasteiger partial charge in [0.1, 0.15) is 5.76 Å². The highest BCUT2D eigenvalue weighted by atomic mass is 79.9. The Morgan fingerprint density at radius 3 is 2.79 bits per heavy atom. The van der Waals surface area contributed by atoms with Crippen molar-refractivity contribution in [3.8, 4) is 0 Å². The summed E-state index contributed by atoms with van der Waals surface area (Å²) in [5, 5.41) is 5.40. The normalized spacial score (nSPS) is 10.3. The number of amides is 2. The van der Waals surface area contributed by atoms with Gasteiger partial charge in [-0.25, -0.2) is 4.79 Å². The van der Waals surface area contributed by atoms with Crippen molar-refractivity contribution >= 4 is 22.0 Å². The Hall–Kier alpha value is -0.970. The second-order valence-electron chi connectivity index (χ2n) is 3.19. The molecule has 5 heteroatoms. The lowest BCUT2D eigenvalue weighted by Crippen LogP contribution is -2.38. The van der Waals surface area contributed by atoms with E-state index in [1.165, 1.54) is 0 Å². The van der Waals surface area contributed by atoms with Crippen molar-refractivity contribution < 1.29 is 9.21 Å². The zero-order chi connectivity index (χ0) is 10.6. The molecule has 0 bridgehead atoms. The van der Waals surface area contributed by atoms with Gasteiger partial charge in [0.05, 0.1) is 6.54 Å². The Bertz CT molecular complexity index is 310. The number of halogens is 1. The number of hydrogen-bond acceptors (Lipinski definition) is 2. The van der Waals surface area contributed by atoms with Crippen LogP contribution < -0.4 is 10.6 Å². The molecule has 0 saturated carbocycles. The molecule has 0 radical (unpaired) electrons. The molecule has 1 heterocycles. The molecule has 14 heavy (non-hydrogen) atoms. The van der Waals surface area contributed by atoms with Crippen molar-refractivity contribution in [2.45, 2.75) is 26.4 Å². The molecule has 2 N–H and O–H groups in total. The first-order chi connectivity index (χ1) is 6.58. The number of hydrogen-bond donors (Lipinski definition) is 2. The summed E-state index contributed by atoms with van der Waals surface area (Å²) >= 11 is 3.18. The molecule has 0 aliphatic rings. The van der Waals surface area contributed by atoms with Gasteiger partial charge < -0.3 is 15.1 Å². The van der Waals surface area contributed by atoms with E-state index in [1.807, 2.05) is 13.8 Å². The van der Waals surface area contributed by atoms with Gasteiger partial charge in [0.25, 0.3) is 0 Å². The maximum Gasteiger partial charge on any atom is 0.315 e. The van der Waals surface area contributed by atoms with Crippen LogP contribution in [0.4, 0.5) is 4.79 Å². The van der Waals surface area contributed by atoms with Crippen LogP contribution in [0, 0.1) is 0 Å². The molecule has 0 aromatic carbocycles. The van der Waals surface area contributed by atoms with Gasteiger partial charge in [-0.05, 0) is 41.9 Å². The van der Waals surface area contributed by atoms with Gasteiger partial charge in [0, 0.05) is 6.04 Å². The maximum absolute atomic E-state index is 11.2. The van der Waals surface area contributed by atoms with Crippen molar-refractivity contribution in [1.82, 2.24) is 10.6 Å². The van der Waals surface area contributed by atoms with E-state index >= 15 is 0 Å². The first-order valence-electron chi connectivity index (χ1n) is 4.36. The minimum absolute atomic E-state index is 0.137. The number of rotatable bonds is 3. The van der Waals surface area contributed by atoms with Gasteiger partial charge in [0.15, 0.2) is 4.67 Å². The summed E-state index contributed by atoms with van der Waals surface area (Å²) in [5.74, 6) is 0.718. The average molecular weight is 261 g/mol. The molecule has 0 atom stereocenters. The molecule has 0 fully saturated rings. The zero-order valence-electron chi connectivity index (χ0n) is 8.13. The third-order valence-electron chi connectivity index (χ3n) is 1.47. The Kier molecular flexibility index (Phi) is 4.00. The van der Waals surface area contributed by atoms with E-state index < -0.39 is 0 Å². The molecule has 2 amide bonds. The molecule has 0 aliphatic carbocycles. The van der Waals surface area contributed by atoms with Crippen LogP contribution in [0.3, 0.4) is 0 Å². The quantitative estimate of drug-likeness (QED) is 0.876. The molecular weight excluding hydrogens is 248 g/mol. The molecule has 0 saturated heterocycles. The van der Waals surface area contributed by atoms with Crippen LogP contribution in [0.1, 0.15) is 19.6 Å². The third-order valence-corrected chi connectivity index (χ3v) is 1.90. The number of urea groups is 1. The highest BCUT2D eigenvalue weighted by Crippen LogP contribution is 2.13. The van der Waals surface area contributed by atoms with E-state index in [0.717, 1.165) is 5.76 Å². The summed E-state index contributed by atoms with van der Waals surface area (Å²) < 4.78 is 5.88. The largest absolute Gasteiger partial charge is 0.452 e. The lowest BCUT2D eigenvalue weighted by atomic mass is 10.4. The molecule has 78 valence electrons. The SMILES string of the molecule is CC(C)NC(=O)NCc1ccc(Br)o1. The van der Waals surface area contributed by atoms with Gasteiger partial charge in [-0.1, -0.05) is 0 Å². The second-order valence-corrected chi connectivity index (χ2v) is 3.97. The van der Waals surface area contributed by atoms with E-state index in [4.69, 9.17) is 4.42 Å². The van der Waals surface area contributed by atoms with Crippen molar-refractivity contribution in [3.63, 3.8) is 0 Å². The molecular formula is C9H13BrN2O2. The molecule has 1 aromatic rings. The van der Waals surface area contributed by atoms with Crippen molar-refractivity contribution in [2.75, 3.05) is 0 Å². The van der Waals surface area contributed by atoms with Gasteiger partial charge in [-0.2, -0.15) is 0 Å². The summed E-state index contributed by atoms with van der Waals surface area (Å²) in [6.07, 6.45) is 0. The fourth-order valence-corrected chi connectivity index (χ4v) is 1.27. The molecule has 0 unspecified atom stereocenters. The van der Waals surface area contributed by atoms with Crippen molar-refractivity contribution in [2.24, 2.45) is 0 Å². The predicted octanol–water partition coefficient (Wildman–Crippen LogP) is 2.25. The van der Waals surface area contributed by atoms with Crippen LogP contribution in [-0.4, -0.2) is 12.1 Å². The van der Waals surface area contributed by atoms with E-state index in [0.29, 0.717) is 11.2 Å². The fourth-order valence-electron chi connectivity index (χ4n) is 0.927. The third kappa shape index (κ3) is 3.83. The number of furan rings is 1. The molecule has 1 rings (SSSR count). The fraction of sp³-hybridized carbons (Fsp3) is 0.444. The lowest BCUT2D eigenvalue weighted by Gasteiger charge is -2.08. The van der Waals surface area contributed by atoms with Gasteiger partial charge >= 0.3 is 6.03 Å². The Morgan fingerprint density at radius 2 is 2.29 bits per heavy atom. The minimum atomic E-state index is -0.187. The Labute approximate surface area is 91.2 Å². The van der Waals surface area contributed by atoms with Gasteiger partial charge in [-0.3, -0.25) is 0 Å². The highest BCUT2D eigenvalue weighted by Gasteiger charge is 2.03. The number of nitrogens with one attached hydrogen (secondary N) is 2. The Morgan fingerprint density at radius 1 is 1.57 bits per heavy atom. The van der Waals surface area contributed by atoms with Crippen LogP contribution in [0.25, 0.3) is 0 Å². The smallest absolute Gasteiger partial charge is 0.315 e. The van der Waals surface area contributed by atoms with E-state index in [9.17, 15) is 4.79 Å². The minimum Gasteiger partial charge on any atom is -0.452 e. The summed E-state index contributed by atoms with van der Waals surface area (Å²) in [6, 6.07) is 3.54. The summed E-state index contributed by atoms with van der Waals surface area (Å²) in [7, 11) is 0. The van der Waals surface area contributed by atoms with E-state index in [1.54, 1.807) is 12.1 Å². The average Bonchev–Trinajstić information content (AvgIpc) is 2.47. The lowest BCUT2D eigenvalue weighted by molar-refractivity contribution is 0.237. The summed E-state index contributed by atoms with van der Waals surface area (Å²) in [6.45, 7) is 4.20. The van der Waals surface area contributed by atoms with Crippen molar-refractivity contribution in [1.29, 1.82) is 0 Å². The summed E-state index contributed by atoms with van der Waals surface area (Å²) in [4.78, 5) is 11.2. The molecule has 0 spiro atoms. The molecule has 4 nitrogen and oxygen atoms in total. The highest BCUT2D eigenvalue weighted by molar-refractivity contribution is 9.10. The van der Waals surface area contributed by atoms with E-state index in [2.05, 4.69) is 26.6 Å². The zero-order valence-corrected chi connectivity index (χ0v) is 9.72. The van der Waals surface area contributed by atoms with Crippen LogP contribution >= 0.6 is 15.9 Å². The number of carbonyl (C=O) groups is 1. The second kappa shape index (κ2) is 5.05. The Balaban J connectivity index is 2.30. The standard InChI is InChI=1S/C9H13BrN2O2/c1-6(2)12-9(13)11-5-7-3-4-8(10)14-7/h3-4,6H,5H2,1-2H3,(H2,11,12,13). The maximum atomic E-state index is 11.2. The number of carbonyl (C=O) groups excluding carboxylic acids is 1. The first-order valence-corrected chi connectivity index (χ1v) is 5.16. The monoisotopic (exact) mass is 260 g/mol. The van der Waals surface area contributed by atoms with Gasteiger partial charge in [0.2, 0.25) is 0 Å². The van der Waals surface area contributed by atoms with Gasteiger partial charge in [-0.15, -0.1) is 0 Å². The topological polar surface area (TPSA) is 54.3 Å². The molecule has 1 aromatic heterocycles. The summed E-state index contributed by atoms with van der Waals surface area (Å²) in [5.41, 5.74) is 0.